The fourth-order valence-corrected chi connectivity index (χ4v) is 2.08. The first kappa shape index (κ1) is 9.29. The van der Waals surface area contributed by atoms with E-state index in [-0.39, 0.29) is 0 Å². The predicted octanol–water partition coefficient (Wildman–Crippen LogP) is 0.550. The Bertz CT molecular complexity index is 419. The van der Waals surface area contributed by atoms with E-state index >= 15 is 0 Å². The van der Waals surface area contributed by atoms with Crippen molar-refractivity contribution in [1.29, 1.82) is 0 Å². The summed E-state index contributed by atoms with van der Waals surface area (Å²) in [5, 5.41) is 13.4. The minimum Gasteiger partial charge on any atom is -0.324 e. The lowest BCUT2D eigenvalue weighted by atomic mass is 10.3. The molecule has 6 heteroatoms. The highest BCUT2D eigenvalue weighted by atomic mass is 32.1. The lowest BCUT2D eigenvalue weighted by molar-refractivity contribution is 0.623. The molecule has 0 aliphatic carbocycles. The Labute approximate surface area is 85.5 Å². The first-order chi connectivity index (χ1) is 6.81. The third-order valence-corrected chi connectivity index (χ3v) is 3.06. The summed E-state index contributed by atoms with van der Waals surface area (Å²) in [6, 6.07) is 2.09. The standard InChI is InChI=1S/C8H11N5S/c1-6-2-3-14-7(6)5-13-8(4-9)10-11-12-13/h2-3H,4-5,9H2,1H3. The SMILES string of the molecule is Cc1ccsc1Cn1nnnc1CN. The minimum absolute atomic E-state index is 0.372. The number of hydrogen-bond acceptors (Lipinski definition) is 5. The summed E-state index contributed by atoms with van der Waals surface area (Å²) < 4.78 is 1.73. The van der Waals surface area contributed by atoms with Crippen LogP contribution in [0.15, 0.2) is 11.4 Å². The van der Waals surface area contributed by atoms with Gasteiger partial charge in [0.25, 0.3) is 0 Å². The van der Waals surface area contributed by atoms with E-state index in [0.29, 0.717) is 13.1 Å². The molecule has 0 saturated carbocycles. The molecule has 0 radical (unpaired) electrons. The van der Waals surface area contributed by atoms with Gasteiger partial charge in [-0.05, 0) is 34.4 Å². The molecule has 0 saturated heterocycles. The molecule has 0 aliphatic heterocycles. The van der Waals surface area contributed by atoms with Gasteiger partial charge in [-0.25, -0.2) is 4.68 Å². The van der Waals surface area contributed by atoms with E-state index in [0.717, 1.165) is 5.82 Å². The molecule has 0 unspecified atom stereocenters. The average molecular weight is 209 g/mol. The Kier molecular flexibility index (Phi) is 2.55. The van der Waals surface area contributed by atoms with Crippen LogP contribution in [-0.4, -0.2) is 20.2 Å². The molecule has 74 valence electrons. The molecule has 14 heavy (non-hydrogen) atoms. The summed E-state index contributed by atoms with van der Waals surface area (Å²) in [4.78, 5) is 1.27. The van der Waals surface area contributed by atoms with Crippen molar-refractivity contribution in [2.45, 2.75) is 20.0 Å². The molecular formula is C8H11N5S. The molecule has 2 heterocycles. The molecule has 0 fully saturated rings. The Morgan fingerprint density at radius 1 is 1.57 bits per heavy atom. The highest BCUT2D eigenvalue weighted by Gasteiger charge is 2.06. The maximum absolute atomic E-state index is 5.50. The summed E-state index contributed by atoms with van der Waals surface area (Å²) >= 11 is 1.71. The number of hydrogen-bond donors (Lipinski definition) is 1. The zero-order valence-electron chi connectivity index (χ0n) is 7.84. The molecule has 2 N–H and O–H groups in total. The van der Waals surface area contributed by atoms with Crippen LogP contribution in [0.5, 0.6) is 0 Å². The van der Waals surface area contributed by atoms with Gasteiger partial charge in [-0.15, -0.1) is 16.4 Å². The van der Waals surface area contributed by atoms with Crippen LogP contribution < -0.4 is 5.73 Å². The second-order valence-corrected chi connectivity index (χ2v) is 3.98. The van der Waals surface area contributed by atoms with Crippen LogP contribution in [0.1, 0.15) is 16.3 Å². The van der Waals surface area contributed by atoms with Gasteiger partial charge in [0.1, 0.15) is 0 Å². The van der Waals surface area contributed by atoms with Crippen LogP contribution in [0.25, 0.3) is 0 Å². The molecule has 2 aromatic rings. The topological polar surface area (TPSA) is 69.6 Å². The minimum atomic E-state index is 0.372. The zero-order valence-corrected chi connectivity index (χ0v) is 8.66. The van der Waals surface area contributed by atoms with Gasteiger partial charge in [0.15, 0.2) is 5.82 Å². The highest BCUT2D eigenvalue weighted by Crippen LogP contribution is 2.16. The first-order valence-electron chi connectivity index (χ1n) is 4.29. The number of tetrazole rings is 1. The third kappa shape index (κ3) is 1.66. The molecule has 0 bridgehead atoms. The maximum atomic E-state index is 5.50. The monoisotopic (exact) mass is 209 g/mol. The Balaban J connectivity index is 2.22. The van der Waals surface area contributed by atoms with Gasteiger partial charge >= 0.3 is 0 Å². The second kappa shape index (κ2) is 3.85. The van der Waals surface area contributed by atoms with Crippen molar-refractivity contribution < 1.29 is 0 Å². The summed E-state index contributed by atoms with van der Waals surface area (Å²) in [6.45, 7) is 3.17. The molecule has 0 aromatic carbocycles. The molecular weight excluding hydrogens is 198 g/mol. The normalized spacial score (nSPS) is 10.7. The molecule has 2 aromatic heterocycles. The molecule has 5 nitrogen and oxygen atoms in total. The number of thiophene rings is 1. The van der Waals surface area contributed by atoms with Crippen LogP contribution in [0.4, 0.5) is 0 Å². The van der Waals surface area contributed by atoms with Crippen molar-refractivity contribution in [2.24, 2.45) is 5.73 Å². The van der Waals surface area contributed by atoms with Crippen molar-refractivity contribution in [3.63, 3.8) is 0 Å². The van der Waals surface area contributed by atoms with Gasteiger partial charge in [0.2, 0.25) is 0 Å². The molecule has 0 amide bonds. The summed E-state index contributed by atoms with van der Waals surface area (Å²) in [5.41, 5.74) is 6.77. The maximum Gasteiger partial charge on any atom is 0.165 e. The molecule has 0 spiro atoms. The summed E-state index contributed by atoms with van der Waals surface area (Å²) in [5.74, 6) is 0.720. The van der Waals surface area contributed by atoms with Crippen LogP contribution in [0, 0.1) is 6.92 Å². The summed E-state index contributed by atoms with van der Waals surface area (Å²) in [7, 11) is 0. The lowest BCUT2D eigenvalue weighted by Gasteiger charge is -2.01. The summed E-state index contributed by atoms with van der Waals surface area (Å²) in [6.07, 6.45) is 0. The van der Waals surface area contributed by atoms with Gasteiger partial charge in [-0.3, -0.25) is 0 Å². The van der Waals surface area contributed by atoms with Crippen LogP contribution >= 0.6 is 11.3 Å². The second-order valence-electron chi connectivity index (χ2n) is 2.98. The fourth-order valence-electron chi connectivity index (χ4n) is 1.19. The molecule has 0 aliphatic rings. The van der Waals surface area contributed by atoms with Gasteiger partial charge in [-0.1, -0.05) is 0 Å². The van der Waals surface area contributed by atoms with Crippen molar-refractivity contribution in [3.8, 4) is 0 Å². The Morgan fingerprint density at radius 3 is 3.07 bits per heavy atom. The third-order valence-electron chi connectivity index (χ3n) is 2.05. The smallest absolute Gasteiger partial charge is 0.165 e. The van der Waals surface area contributed by atoms with Crippen LogP contribution in [-0.2, 0) is 13.1 Å². The van der Waals surface area contributed by atoms with Crippen molar-refractivity contribution >= 4 is 11.3 Å². The van der Waals surface area contributed by atoms with E-state index in [4.69, 9.17) is 5.73 Å². The van der Waals surface area contributed by atoms with E-state index in [9.17, 15) is 0 Å². The average Bonchev–Trinajstić information content (AvgIpc) is 2.77. The van der Waals surface area contributed by atoms with Gasteiger partial charge in [0.05, 0.1) is 13.1 Å². The van der Waals surface area contributed by atoms with Crippen molar-refractivity contribution in [2.75, 3.05) is 0 Å². The lowest BCUT2D eigenvalue weighted by Crippen LogP contribution is -2.10. The number of nitrogens with two attached hydrogens (primary N) is 1. The molecule has 2 rings (SSSR count). The largest absolute Gasteiger partial charge is 0.324 e. The van der Waals surface area contributed by atoms with Gasteiger partial charge < -0.3 is 5.73 Å². The van der Waals surface area contributed by atoms with Gasteiger partial charge in [0, 0.05) is 4.88 Å². The fraction of sp³-hybridized carbons (Fsp3) is 0.375. The van der Waals surface area contributed by atoms with E-state index in [1.54, 1.807) is 16.0 Å². The quantitative estimate of drug-likeness (QED) is 0.801. The van der Waals surface area contributed by atoms with E-state index in [1.165, 1.54) is 10.4 Å². The van der Waals surface area contributed by atoms with E-state index in [1.807, 2.05) is 0 Å². The van der Waals surface area contributed by atoms with Crippen LogP contribution in [0.3, 0.4) is 0 Å². The van der Waals surface area contributed by atoms with Gasteiger partial charge in [-0.2, -0.15) is 0 Å². The predicted molar refractivity (Wildman–Crippen MR) is 53.9 cm³/mol. The van der Waals surface area contributed by atoms with E-state index < -0.39 is 0 Å². The first-order valence-corrected chi connectivity index (χ1v) is 5.17. The number of nitrogens with zero attached hydrogens (tertiary/aromatic N) is 4. The highest BCUT2D eigenvalue weighted by molar-refractivity contribution is 7.10. The van der Waals surface area contributed by atoms with Crippen LogP contribution in [0.2, 0.25) is 0 Å². The molecule has 0 atom stereocenters. The Morgan fingerprint density at radius 2 is 2.43 bits per heavy atom. The van der Waals surface area contributed by atoms with E-state index in [2.05, 4.69) is 33.9 Å². The van der Waals surface area contributed by atoms with Crippen molar-refractivity contribution in [1.82, 2.24) is 20.2 Å². The number of rotatable bonds is 3. The number of aryl methyl sites for hydroxylation is 1. The Hall–Kier alpha value is -1.27. The zero-order chi connectivity index (χ0) is 9.97. The van der Waals surface area contributed by atoms with Crippen molar-refractivity contribution in [3.05, 3.63) is 27.7 Å². The number of aromatic nitrogens is 4.